The third-order valence-corrected chi connectivity index (χ3v) is 5.36. The normalized spacial score (nSPS) is 14.4. The highest BCUT2D eigenvalue weighted by Crippen LogP contribution is 2.32. The van der Waals surface area contributed by atoms with Crippen LogP contribution < -0.4 is 10.0 Å². The lowest BCUT2D eigenvalue weighted by atomic mass is 10.2. The van der Waals surface area contributed by atoms with Crippen LogP contribution in [0.15, 0.2) is 30.5 Å². The van der Waals surface area contributed by atoms with Gasteiger partial charge in [-0.3, -0.25) is 4.72 Å². The van der Waals surface area contributed by atoms with Crippen molar-refractivity contribution in [2.75, 3.05) is 10.0 Å². The number of nitrogens with zero attached hydrogens (tertiary/aromatic N) is 3. The van der Waals surface area contributed by atoms with Crippen LogP contribution in [0.25, 0.3) is 5.65 Å². The van der Waals surface area contributed by atoms with Crippen LogP contribution in [0, 0.1) is 18.7 Å². The summed E-state index contributed by atoms with van der Waals surface area (Å²) in [6.07, 6.45) is 3.11. The summed E-state index contributed by atoms with van der Waals surface area (Å²) in [6.45, 7) is 5.76. The van der Waals surface area contributed by atoms with Crippen LogP contribution in [0.1, 0.15) is 32.3 Å². The Kier molecular flexibility index (Phi) is 5.69. The van der Waals surface area contributed by atoms with Gasteiger partial charge in [0, 0.05) is 6.07 Å². The fourth-order valence-corrected chi connectivity index (χ4v) is 3.48. The number of rotatable bonds is 5. The van der Waals surface area contributed by atoms with Crippen molar-refractivity contribution in [3.05, 3.63) is 47.8 Å². The number of aromatic nitrogens is 3. The maximum absolute atomic E-state index is 14.9. The van der Waals surface area contributed by atoms with Crippen molar-refractivity contribution >= 4 is 33.8 Å². The topological polar surface area (TPSA) is 71.3 Å². The molecular weight excluding hydrogens is 372 g/mol. The first-order valence-electron chi connectivity index (χ1n) is 8.76. The molecule has 27 heavy (non-hydrogen) atoms. The van der Waals surface area contributed by atoms with Gasteiger partial charge >= 0.3 is 0 Å². The lowest BCUT2D eigenvalue weighted by Crippen LogP contribution is -2.15. The Hall–Kier alpha value is -2.55. The summed E-state index contributed by atoms with van der Waals surface area (Å²) >= 11 is 0. The lowest BCUT2D eigenvalue weighted by molar-refractivity contribution is 0.546. The van der Waals surface area contributed by atoms with E-state index in [2.05, 4.69) is 20.1 Å². The van der Waals surface area contributed by atoms with Gasteiger partial charge in [-0.15, -0.1) is 0 Å². The van der Waals surface area contributed by atoms with Crippen molar-refractivity contribution in [3.8, 4) is 0 Å². The van der Waals surface area contributed by atoms with Gasteiger partial charge < -0.3 is 5.32 Å². The van der Waals surface area contributed by atoms with E-state index < -0.39 is 22.8 Å². The molecule has 1 atom stereocenters. The lowest BCUT2D eigenvalue weighted by Gasteiger charge is -2.15. The zero-order chi connectivity index (χ0) is 19.6. The van der Waals surface area contributed by atoms with E-state index in [1.165, 1.54) is 24.4 Å². The van der Waals surface area contributed by atoms with Crippen molar-refractivity contribution in [1.82, 2.24) is 14.6 Å². The highest BCUT2D eigenvalue weighted by Gasteiger charge is 2.30. The van der Waals surface area contributed by atoms with Gasteiger partial charge in [0.25, 0.3) is 0 Å². The van der Waals surface area contributed by atoms with Gasteiger partial charge in [0.05, 0.1) is 17.1 Å². The number of hydrogen-bond donors (Lipinski definition) is 2. The number of hydrogen-bond acceptors (Lipinski definition) is 4. The molecule has 2 aromatic heterocycles. The molecule has 2 N–H and O–H groups in total. The Morgan fingerprint density at radius 1 is 1.22 bits per heavy atom. The molecule has 1 aromatic carbocycles. The Bertz CT molecular complexity index is 987. The van der Waals surface area contributed by atoms with E-state index in [1.54, 1.807) is 13.0 Å². The van der Waals surface area contributed by atoms with Crippen LogP contribution in [-0.4, -0.2) is 24.1 Å². The van der Waals surface area contributed by atoms with E-state index in [0.717, 1.165) is 22.9 Å². The number of aryl methyl sites for hydroxylation is 1. The molecule has 144 valence electrons. The Morgan fingerprint density at radius 2 is 1.96 bits per heavy atom. The Morgan fingerprint density at radius 3 is 2.63 bits per heavy atom. The van der Waals surface area contributed by atoms with Crippen LogP contribution >= 0.6 is 0 Å². The van der Waals surface area contributed by atoms with Crippen molar-refractivity contribution in [3.63, 3.8) is 0 Å². The fraction of sp³-hybridized carbons (Fsp3) is 0.333. The molecule has 0 amide bonds. The first-order valence-corrected chi connectivity index (χ1v) is 9.98. The molecule has 6 nitrogen and oxygen atoms in total. The molecule has 9 heteroatoms. The van der Waals surface area contributed by atoms with Gasteiger partial charge in [-0.1, -0.05) is 19.9 Å². The zero-order valence-corrected chi connectivity index (χ0v) is 16.1. The monoisotopic (exact) mass is 393 g/mol. The summed E-state index contributed by atoms with van der Waals surface area (Å²) in [6, 6.07) is 6.10. The van der Waals surface area contributed by atoms with E-state index in [0.29, 0.717) is 0 Å². The second-order valence-electron chi connectivity index (χ2n) is 5.93. The van der Waals surface area contributed by atoms with Crippen LogP contribution in [0.2, 0.25) is 0 Å². The molecule has 0 radical (unpaired) electrons. The molecule has 1 saturated carbocycles. The third kappa shape index (κ3) is 4.08. The summed E-state index contributed by atoms with van der Waals surface area (Å²) < 4.78 is 44.9. The van der Waals surface area contributed by atoms with E-state index in [9.17, 15) is 13.0 Å². The van der Waals surface area contributed by atoms with Crippen LogP contribution in [0.4, 0.5) is 26.0 Å². The largest absolute Gasteiger partial charge is 0.346 e. The summed E-state index contributed by atoms with van der Waals surface area (Å²) in [5.74, 6) is -1.20. The summed E-state index contributed by atoms with van der Waals surface area (Å²) in [7, 11) is -1.37. The molecular formula is C18H21F2N5OS. The van der Waals surface area contributed by atoms with Crippen LogP contribution in [0.5, 0.6) is 0 Å². The number of anilines is 3. The highest BCUT2D eigenvalue weighted by atomic mass is 32.2. The molecule has 0 saturated heterocycles. The van der Waals surface area contributed by atoms with Gasteiger partial charge in [0.15, 0.2) is 11.5 Å². The molecule has 0 aliphatic heterocycles. The average Bonchev–Trinajstić information content (AvgIpc) is 3.40. The first-order chi connectivity index (χ1) is 13.0. The molecule has 0 spiro atoms. The molecule has 1 unspecified atom stereocenters. The van der Waals surface area contributed by atoms with Gasteiger partial charge in [0.1, 0.15) is 22.5 Å². The van der Waals surface area contributed by atoms with Gasteiger partial charge in [-0.2, -0.15) is 14.0 Å². The maximum atomic E-state index is 14.9. The molecule has 0 bridgehead atoms. The minimum absolute atomic E-state index is 0.0370. The van der Waals surface area contributed by atoms with E-state index in [-0.39, 0.29) is 28.1 Å². The van der Waals surface area contributed by atoms with Crippen molar-refractivity contribution < 1.29 is 13.0 Å². The van der Waals surface area contributed by atoms with Crippen LogP contribution in [-0.2, 0) is 11.0 Å². The number of nitrogens with one attached hydrogen (secondary N) is 2. The predicted octanol–water partition coefficient (Wildman–Crippen LogP) is 4.32. The maximum Gasteiger partial charge on any atom is 0.243 e. The summed E-state index contributed by atoms with van der Waals surface area (Å²) in [4.78, 5) is 4.26. The zero-order valence-electron chi connectivity index (χ0n) is 15.3. The Balaban J connectivity index is 0.00000102. The second kappa shape index (κ2) is 7.99. The third-order valence-electron chi connectivity index (χ3n) is 3.89. The smallest absolute Gasteiger partial charge is 0.243 e. The predicted molar refractivity (Wildman–Crippen MR) is 103 cm³/mol. The van der Waals surface area contributed by atoms with Gasteiger partial charge in [0.2, 0.25) is 5.95 Å². The fourth-order valence-electron chi connectivity index (χ4n) is 2.41. The van der Waals surface area contributed by atoms with E-state index in [4.69, 9.17) is 0 Å². The average molecular weight is 393 g/mol. The van der Waals surface area contributed by atoms with Crippen molar-refractivity contribution in [2.24, 2.45) is 0 Å². The summed E-state index contributed by atoms with van der Waals surface area (Å²) in [5.41, 5.74) is 1.01. The molecule has 1 fully saturated rings. The minimum atomic E-state index is -1.37. The Labute approximate surface area is 158 Å². The van der Waals surface area contributed by atoms with Crippen molar-refractivity contribution in [2.45, 2.75) is 38.9 Å². The molecule has 1 aliphatic rings. The minimum Gasteiger partial charge on any atom is -0.346 e. The second-order valence-corrected chi connectivity index (χ2v) is 7.40. The number of halogens is 2. The van der Waals surface area contributed by atoms with Crippen molar-refractivity contribution in [1.29, 1.82) is 0 Å². The van der Waals surface area contributed by atoms with E-state index in [1.807, 2.05) is 13.8 Å². The molecule has 2 heterocycles. The first kappa shape index (κ1) is 19.2. The quantitative estimate of drug-likeness (QED) is 0.633. The molecule has 1 aliphatic carbocycles. The van der Waals surface area contributed by atoms with Gasteiger partial charge in [-0.25, -0.2) is 13.6 Å². The number of benzene rings is 1. The number of fused-ring (bicyclic) bond motifs is 1. The summed E-state index contributed by atoms with van der Waals surface area (Å²) in [5, 5.41) is 6.62. The van der Waals surface area contributed by atoms with Crippen LogP contribution in [0.3, 0.4) is 0 Å². The standard InChI is InChI=1S/C16H15F2N5OS.C2H6/c1-9-2-5-12(11(17)8-9)20-14-15(18)23-13(6-7-19-23)21-16(14)22-25(24)10-3-4-10;1-2/h2,5-8,10,20H,3-4H2,1H3,(H,21,22);1-2H3. The SMILES string of the molecule is CC.Cc1ccc(Nc2c(NS(=O)C3CC3)nc3ccnn3c2F)c(F)c1. The van der Waals surface area contributed by atoms with E-state index >= 15 is 0 Å². The molecule has 4 rings (SSSR count). The van der Waals surface area contributed by atoms with Gasteiger partial charge in [-0.05, 0) is 37.5 Å². The molecule has 3 aromatic rings. The highest BCUT2D eigenvalue weighted by molar-refractivity contribution is 7.87.